The van der Waals surface area contributed by atoms with E-state index in [0.717, 1.165) is 0 Å². The monoisotopic (exact) mass is 696 g/mol. The van der Waals surface area contributed by atoms with E-state index in [0.29, 0.717) is 0 Å². The van der Waals surface area contributed by atoms with Gasteiger partial charge in [-0.15, -0.1) is 22.7 Å². The minimum absolute atomic E-state index is 1.17. The summed E-state index contributed by atoms with van der Waals surface area (Å²) < 4.78 is 10.2. The van der Waals surface area contributed by atoms with E-state index in [-0.39, 0.29) is 0 Å². The van der Waals surface area contributed by atoms with Crippen molar-refractivity contribution >= 4 is 107 Å². The van der Waals surface area contributed by atoms with Gasteiger partial charge in [-0.05, 0) is 83.9 Å². The number of thiophene rings is 2. The summed E-state index contributed by atoms with van der Waals surface area (Å²) in [6.45, 7) is 0. The van der Waals surface area contributed by atoms with Crippen LogP contribution < -0.4 is 0 Å². The van der Waals surface area contributed by atoms with Crippen molar-refractivity contribution in [3.05, 3.63) is 170 Å². The van der Waals surface area contributed by atoms with Gasteiger partial charge in [-0.3, -0.25) is 0 Å². The van der Waals surface area contributed by atoms with Crippen LogP contribution >= 0.6 is 22.7 Å². The Morgan fingerprint density at radius 3 is 1.67 bits per heavy atom. The second kappa shape index (κ2) is 10.7. The molecule has 52 heavy (non-hydrogen) atoms. The minimum Gasteiger partial charge on any atom is -0.309 e. The van der Waals surface area contributed by atoms with Crippen molar-refractivity contribution in [2.24, 2.45) is 0 Å². The highest BCUT2D eigenvalue weighted by molar-refractivity contribution is 7.27. The zero-order valence-electron chi connectivity index (χ0n) is 27.9. The maximum Gasteiger partial charge on any atom is 0.0555 e. The predicted octanol–water partition coefficient (Wildman–Crippen LogP) is 14.3. The molecule has 0 saturated carbocycles. The summed E-state index contributed by atoms with van der Waals surface area (Å²) in [7, 11) is 0. The molecule has 0 spiro atoms. The maximum atomic E-state index is 2.49. The van der Waals surface area contributed by atoms with Gasteiger partial charge in [-0.2, -0.15) is 0 Å². The van der Waals surface area contributed by atoms with Crippen molar-refractivity contribution in [3.8, 4) is 22.5 Å². The first kappa shape index (κ1) is 28.5. The Labute approximate surface area is 306 Å². The molecule has 12 rings (SSSR count). The lowest BCUT2D eigenvalue weighted by Crippen LogP contribution is -1.95. The third-order valence-electron chi connectivity index (χ3n) is 10.9. The Kier molecular flexibility index (Phi) is 5.84. The van der Waals surface area contributed by atoms with Crippen LogP contribution in [0, 0.1) is 0 Å². The van der Waals surface area contributed by atoms with Gasteiger partial charge in [0.15, 0.2) is 0 Å². The van der Waals surface area contributed by atoms with Crippen LogP contribution in [0.3, 0.4) is 0 Å². The fraction of sp³-hybridized carbons (Fsp3) is 0. The van der Waals surface area contributed by atoms with E-state index in [1.54, 1.807) is 0 Å². The molecule has 0 amide bonds. The lowest BCUT2D eigenvalue weighted by Gasteiger charge is -2.10. The molecule has 8 aromatic carbocycles. The summed E-state index contributed by atoms with van der Waals surface area (Å²) in [5, 5.41) is 10.4. The Morgan fingerprint density at radius 2 is 0.865 bits per heavy atom. The molecule has 0 aliphatic rings. The Morgan fingerprint density at radius 1 is 0.308 bits per heavy atom. The number of hydrogen-bond donors (Lipinski definition) is 0. The zero-order valence-corrected chi connectivity index (χ0v) is 29.5. The third-order valence-corrected chi connectivity index (χ3v) is 13.3. The smallest absolute Gasteiger partial charge is 0.0555 e. The average molecular weight is 697 g/mol. The van der Waals surface area contributed by atoms with Gasteiger partial charge in [0, 0.05) is 73.3 Å². The van der Waals surface area contributed by atoms with E-state index in [1.165, 1.54) is 106 Å². The molecule has 0 bridgehead atoms. The van der Waals surface area contributed by atoms with Crippen LogP contribution in [-0.2, 0) is 0 Å². The van der Waals surface area contributed by atoms with Gasteiger partial charge < -0.3 is 9.13 Å². The number of nitrogens with zero attached hydrogens (tertiary/aromatic N) is 2. The standard InChI is InChI=1S/C48H28N2S2/c1-2-10-29(11-3-1)30-18-24-46-37(26-30)36-21-23-43-47(48(36)52-46)39-28-31(49-40-15-7-4-12-33(40)34-13-5-8-16-41(34)49)19-22-42(39)50(43)32-20-25-45-38(27-32)35-14-6-9-17-44(35)51-45/h1-28H. The van der Waals surface area contributed by atoms with Crippen LogP contribution in [0.4, 0.5) is 0 Å². The Balaban J connectivity index is 1.19. The van der Waals surface area contributed by atoms with Gasteiger partial charge in [-0.25, -0.2) is 0 Å². The van der Waals surface area contributed by atoms with Crippen LogP contribution in [0.1, 0.15) is 0 Å². The average Bonchev–Trinajstić information content (AvgIpc) is 3.95. The molecule has 0 unspecified atom stereocenters. The first-order valence-corrected chi connectivity index (χ1v) is 19.3. The van der Waals surface area contributed by atoms with Crippen LogP contribution in [-0.4, -0.2) is 9.13 Å². The van der Waals surface area contributed by atoms with E-state index >= 15 is 0 Å². The zero-order chi connectivity index (χ0) is 33.9. The van der Waals surface area contributed by atoms with Crippen molar-refractivity contribution in [3.63, 3.8) is 0 Å². The molecule has 4 aromatic heterocycles. The SMILES string of the molecule is c1ccc(-c2ccc3sc4c(ccc5c4c4cc(-n6c7ccccc7c7ccccc76)ccc4n5-c4ccc5sc6ccccc6c5c4)c3c2)cc1. The highest BCUT2D eigenvalue weighted by atomic mass is 32.1. The molecule has 0 atom stereocenters. The van der Waals surface area contributed by atoms with Crippen LogP contribution in [0.25, 0.3) is 106 Å². The van der Waals surface area contributed by atoms with Gasteiger partial charge in [-0.1, -0.05) is 97.1 Å². The number of rotatable bonds is 3. The molecule has 12 aromatic rings. The number of hydrogen-bond acceptors (Lipinski definition) is 2. The topological polar surface area (TPSA) is 9.86 Å². The van der Waals surface area contributed by atoms with Crippen molar-refractivity contribution in [2.45, 2.75) is 0 Å². The molecule has 0 aliphatic heterocycles. The number of aromatic nitrogens is 2. The first-order valence-electron chi connectivity index (χ1n) is 17.7. The fourth-order valence-electron chi connectivity index (χ4n) is 8.61. The summed E-state index contributed by atoms with van der Waals surface area (Å²) in [6, 6.07) is 62.8. The fourth-order valence-corrected chi connectivity index (χ4v) is 10.9. The van der Waals surface area contributed by atoms with Gasteiger partial charge in [0.25, 0.3) is 0 Å². The summed E-state index contributed by atoms with van der Waals surface area (Å²) in [4.78, 5) is 0. The van der Waals surface area contributed by atoms with Gasteiger partial charge >= 0.3 is 0 Å². The predicted molar refractivity (Wildman–Crippen MR) is 226 cm³/mol. The van der Waals surface area contributed by atoms with Crippen molar-refractivity contribution in [1.29, 1.82) is 0 Å². The summed E-state index contributed by atoms with van der Waals surface area (Å²) in [5.41, 5.74) is 9.75. The number of para-hydroxylation sites is 2. The normalized spacial score (nSPS) is 12.2. The van der Waals surface area contributed by atoms with E-state index in [1.807, 2.05) is 22.7 Å². The van der Waals surface area contributed by atoms with Crippen molar-refractivity contribution in [2.75, 3.05) is 0 Å². The second-order valence-corrected chi connectivity index (χ2v) is 15.8. The lowest BCUT2D eigenvalue weighted by atomic mass is 10.0. The van der Waals surface area contributed by atoms with Gasteiger partial charge in [0.2, 0.25) is 0 Å². The summed E-state index contributed by atoms with van der Waals surface area (Å²) in [5.74, 6) is 0. The molecule has 4 heterocycles. The highest BCUT2D eigenvalue weighted by Gasteiger charge is 2.20. The largest absolute Gasteiger partial charge is 0.309 e. The quantitative estimate of drug-likeness (QED) is 0.174. The third kappa shape index (κ3) is 3.93. The number of benzene rings is 8. The Hall–Kier alpha value is -6.20. The van der Waals surface area contributed by atoms with Gasteiger partial charge in [0.1, 0.15) is 0 Å². The molecule has 4 heteroatoms. The first-order chi connectivity index (χ1) is 25.8. The van der Waals surface area contributed by atoms with E-state index in [2.05, 4.69) is 179 Å². The van der Waals surface area contributed by atoms with Crippen molar-refractivity contribution < 1.29 is 0 Å². The molecule has 0 radical (unpaired) electrons. The van der Waals surface area contributed by atoms with Crippen molar-refractivity contribution in [1.82, 2.24) is 9.13 Å². The Bertz CT molecular complexity index is 3360. The number of fused-ring (bicyclic) bond motifs is 13. The molecule has 2 nitrogen and oxygen atoms in total. The lowest BCUT2D eigenvalue weighted by molar-refractivity contribution is 1.17. The molecule has 242 valence electrons. The van der Waals surface area contributed by atoms with Gasteiger partial charge in [0.05, 0.1) is 22.1 Å². The molecule has 0 fully saturated rings. The van der Waals surface area contributed by atoms with E-state index in [4.69, 9.17) is 0 Å². The highest BCUT2D eigenvalue weighted by Crippen LogP contribution is 2.46. The molecule has 0 aliphatic carbocycles. The molecule has 0 N–H and O–H groups in total. The summed E-state index contributed by atoms with van der Waals surface area (Å²) in [6.07, 6.45) is 0. The van der Waals surface area contributed by atoms with Crippen LogP contribution in [0.15, 0.2) is 170 Å². The minimum atomic E-state index is 1.17. The maximum absolute atomic E-state index is 2.49. The van der Waals surface area contributed by atoms with E-state index in [9.17, 15) is 0 Å². The molecular formula is C48H28N2S2. The van der Waals surface area contributed by atoms with Crippen LogP contribution in [0.5, 0.6) is 0 Å². The summed E-state index contributed by atoms with van der Waals surface area (Å²) >= 11 is 3.78. The van der Waals surface area contributed by atoms with Crippen LogP contribution in [0.2, 0.25) is 0 Å². The van der Waals surface area contributed by atoms with E-state index < -0.39 is 0 Å². The second-order valence-electron chi connectivity index (χ2n) is 13.7. The molecular weight excluding hydrogens is 669 g/mol. The molecule has 0 saturated heterocycles.